The second kappa shape index (κ2) is 11.7. The van der Waals surface area contributed by atoms with Crippen LogP contribution in [0.1, 0.15) is 59.8 Å². The van der Waals surface area contributed by atoms with Crippen molar-refractivity contribution in [3.63, 3.8) is 0 Å². The van der Waals surface area contributed by atoms with Gasteiger partial charge in [-0.15, -0.1) is 0 Å². The Kier molecular flexibility index (Phi) is 11.2. The standard InChI is InChI=1S/C20H37NO3S/c1-18(2)10-7-11-19(3)12-8-13-20(4)14-16-21(5,6)15-9-17-25(22,23)24/h10,12,14H,7-9,11,13,15-17H2,1-6H3/b19-12+,20-14+. The van der Waals surface area contributed by atoms with Gasteiger partial charge in [0.25, 0.3) is 0 Å². The highest BCUT2D eigenvalue weighted by Gasteiger charge is 2.13. The van der Waals surface area contributed by atoms with E-state index in [2.05, 4.69) is 60.0 Å². The van der Waals surface area contributed by atoms with Gasteiger partial charge in [0.1, 0.15) is 0 Å². The molecule has 0 aliphatic heterocycles. The van der Waals surface area contributed by atoms with Crippen molar-refractivity contribution < 1.29 is 17.5 Å². The van der Waals surface area contributed by atoms with Crippen molar-refractivity contribution in [1.29, 1.82) is 0 Å². The second-order valence-electron chi connectivity index (χ2n) is 7.92. The first-order valence-electron chi connectivity index (χ1n) is 9.11. The summed E-state index contributed by atoms with van der Waals surface area (Å²) < 4.78 is 32.7. The van der Waals surface area contributed by atoms with E-state index in [0.29, 0.717) is 17.4 Å². The monoisotopic (exact) mass is 371 g/mol. The summed E-state index contributed by atoms with van der Waals surface area (Å²) in [4.78, 5) is 0. The van der Waals surface area contributed by atoms with Crippen LogP contribution < -0.4 is 0 Å². The van der Waals surface area contributed by atoms with Crippen LogP contribution >= 0.6 is 0 Å². The van der Waals surface area contributed by atoms with Crippen LogP contribution in [0.15, 0.2) is 34.9 Å². The number of likely N-dealkylation sites (N-methyl/N-ethyl adjacent to an activating group) is 1. The first kappa shape index (κ1) is 24.1. The average molecular weight is 372 g/mol. The SMILES string of the molecule is CC(C)=CCC/C(C)=C/CC/C(C)=C/C[N+](C)(C)CCCS(=O)(=O)[O-]. The lowest BCUT2D eigenvalue weighted by atomic mass is 10.1. The Morgan fingerprint density at radius 2 is 1.44 bits per heavy atom. The largest absolute Gasteiger partial charge is 0.748 e. The molecule has 0 saturated heterocycles. The molecule has 0 aromatic carbocycles. The summed E-state index contributed by atoms with van der Waals surface area (Å²) in [5, 5.41) is 0. The van der Waals surface area contributed by atoms with Crippen LogP contribution in [-0.2, 0) is 10.1 Å². The molecule has 0 bridgehead atoms. The van der Waals surface area contributed by atoms with Crippen molar-refractivity contribution in [2.45, 2.75) is 59.8 Å². The van der Waals surface area contributed by atoms with E-state index in [4.69, 9.17) is 0 Å². The van der Waals surface area contributed by atoms with Gasteiger partial charge in [-0.05, 0) is 59.5 Å². The van der Waals surface area contributed by atoms with E-state index < -0.39 is 10.1 Å². The van der Waals surface area contributed by atoms with Gasteiger partial charge in [0.2, 0.25) is 0 Å². The lowest BCUT2D eigenvalue weighted by molar-refractivity contribution is -0.884. The van der Waals surface area contributed by atoms with Gasteiger partial charge >= 0.3 is 0 Å². The van der Waals surface area contributed by atoms with Gasteiger partial charge in [-0.3, -0.25) is 0 Å². The third-order valence-corrected chi connectivity index (χ3v) is 5.00. The van der Waals surface area contributed by atoms with E-state index in [9.17, 15) is 13.0 Å². The molecule has 0 amide bonds. The Morgan fingerprint density at radius 1 is 0.920 bits per heavy atom. The molecule has 0 atom stereocenters. The number of rotatable bonds is 12. The number of nitrogens with zero attached hydrogens (tertiary/aromatic N) is 1. The highest BCUT2D eigenvalue weighted by atomic mass is 32.2. The van der Waals surface area contributed by atoms with Crippen LogP contribution in [0.3, 0.4) is 0 Å². The predicted octanol–water partition coefficient (Wildman–Crippen LogP) is 4.42. The van der Waals surface area contributed by atoms with E-state index in [-0.39, 0.29) is 5.75 Å². The molecule has 0 N–H and O–H groups in total. The van der Waals surface area contributed by atoms with Crippen molar-refractivity contribution in [3.05, 3.63) is 34.9 Å². The van der Waals surface area contributed by atoms with Gasteiger partial charge in [-0.25, -0.2) is 8.42 Å². The fourth-order valence-corrected chi connectivity index (χ4v) is 2.99. The molecular formula is C20H37NO3S. The number of hydrogen-bond acceptors (Lipinski definition) is 3. The minimum atomic E-state index is -4.10. The third-order valence-electron chi connectivity index (χ3n) is 4.21. The maximum Gasteiger partial charge on any atom is 0.0972 e. The van der Waals surface area contributed by atoms with Crippen LogP contribution in [0, 0.1) is 0 Å². The Hall–Kier alpha value is -0.910. The Labute approximate surface area is 155 Å². The zero-order valence-electron chi connectivity index (χ0n) is 17.0. The normalized spacial score (nSPS) is 13.9. The molecule has 0 aliphatic carbocycles. The molecule has 25 heavy (non-hydrogen) atoms. The lowest BCUT2D eigenvalue weighted by Crippen LogP contribution is -2.41. The molecule has 0 spiro atoms. The molecule has 0 rings (SSSR count). The minimum absolute atomic E-state index is 0.270. The fourth-order valence-electron chi connectivity index (χ4n) is 2.50. The van der Waals surface area contributed by atoms with Crippen LogP contribution in [0.25, 0.3) is 0 Å². The van der Waals surface area contributed by atoms with E-state index in [1.807, 2.05) is 0 Å². The molecule has 0 saturated carbocycles. The van der Waals surface area contributed by atoms with Crippen molar-refractivity contribution in [2.75, 3.05) is 32.9 Å². The molecule has 146 valence electrons. The van der Waals surface area contributed by atoms with Crippen molar-refractivity contribution in [2.24, 2.45) is 0 Å². The van der Waals surface area contributed by atoms with Gasteiger partial charge < -0.3 is 9.04 Å². The van der Waals surface area contributed by atoms with E-state index >= 15 is 0 Å². The van der Waals surface area contributed by atoms with Gasteiger partial charge in [0.05, 0.1) is 37.3 Å². The number of allylic oxidation sites excluding steroid dienone is 5. The minimum Gasteiger partial charge on any atom is -0.748 e. The maximum atomic E-state index is 10.7. The third kappa shape index (κ3) is 16.3. The van der Waals surface area contributed by atoms with Gasteiger partial charge in [0.15, 0.2) is 0 Å². The molecule has 0 aromatic heterocycles. The molecule has 0 fully saturated rings. The zero-order valence-corrected chi connectivity index (χ0v) is 17.8. The predicted molar refractivity (Wildman–Crippen MR) is 106 cm³/mol. The average Bonchev–Trinajstić information content (AvgIpc) is 2.43. The molecule has 0 aromatic rings. The summed E-state index contributed by atoms with van der Waals surface area (Å²) in [7, 11) is 0.0328. The highest BCUT2D eigenvalue weighted by molar-refractivity contribution is 7.85. The van der Waals surface area contributed by atoms with Crippen LogP contribution in [0.2, 0.25) is 0 Å². The van der Waals surface area contributed by atoms with Crippen molar-refractivity contribution in [1.82, 2.24) is 0 Å². The topological polar surface area (TPSA) is 57.2 Å². The summed E-state index contributed by atoms with van der Waals surface area (Å²) in [5.74, 6) is -0.270. The van der Waals surface area contributed by atoms with Crippen LogP contribution in [0.4, 0.5) is 0 Å². The maximum absolute atomic E-state index is 10.7. The van der Waals surface area contributed by atoms with Crippen LogP contribution in [0.5, 0.6) is 0 Å². The highest BCUT2D eigenvalue weighted by Crippen LogP contribution is 2.12. The van der Waals surface area contributed by atoms with E-state index in [1.54, 1.807) is 0 Å². The van der Waals surface area contributed by atoms with Crippen molar-refractivity contribution in [3.8, 4) is 0 Å². The van der Waals surface area contributed by atoms with Crippen molar-refractivity contribution >= 4 is 10.1 Å². The molecule has 0 unspecified atom stereocenters. The number of quaternary nitrogens is 1. The van der Waals surface area contributed by atoms with Gasteiger partial charge in [-0.1, -0.05) is 28.9 Å². The fraction of sp³-hybridized carbons (Fsp3) is 0.700. The molecule has 4 nitrogen and oxygen atoms in total. The summed E-state index contributed by atoms with van der Waals surface area (Å²) >= 11 is 0. The second-order valence-corrected chi connectivity index (χ2v) is 9.44. The van der Waals surface area contributed by atoms with E-state index in [1.165, 1.54) is 16.7 Å². The summed E-state index contributed by atoms with van der Waals surface area (Å²) in [5.41, 5.74) is 4.18. The number of hydrogen-bond donors (Lipinski definition) is 0. The Balaban J connectivity index is 4.20. The quantitative estimate of drug-likeness (QED) is 0.290. The molecule has 0 aliphatic rings. The van der Waals surface area contributed by atoms with Gasteiger partial charge in [-0.2, -0.15) is 0 Å². The van der Waals surface area contributed by atoms with E-state index in [0.717, 1.165) is 32.2 Å². The molecule has 0 radical (unpaired) electrons. The zero-order chi connectivity index (χ0) is 19.5. The lowest BCUT2D eigenvalue weighted by Gasteiger charge is -2.29. The first-order valence-corrected chi connectivity index (χ1v) is 10.7. The molecule has 0 heterocycles. The van der Waals surface area contributed by atoms with Gasteiger partial charge in [0, 0.05) is 12.2 Å². The van der Waals surface area contributed by atoms with Crippen LogP contribution in [-0.4, -0.2) is 50.4 Å². The summed E-state index contributed by atoms with van der Waals surface area (Å²) in [6.45, 7) is 10.2. The summed E-state index contributed by atoms with van der Waals surface area (Å²) in [6.07, 6.45) is 11.6. The summed E-state index contributed by atoms with van der Waals surface area (Å²) in [6, 6.07) is 0. The smallest absolute Gasteiger partial charge is 0.0972 e. The molecule has 5 heteroatoms. The Morgan fingerprint density at radius 3 is 1.96 bits per heavy atom. The molecular weight excluding hydrogens is 334 g/mol. The first-order chi connectivity index (χ1) is 11.4. The Bertz CT molecular complexity index is 580.